The molecule has 0 spiro atoms. The average Bonchev–Trinajstić information content (AvgIpc) is 2.96. The van der Waals surface area contributed by atoms with E-state index in [1.54, 1.807) is 0 Å². The first-order chi connectivity index (χ1) is 8.74. The molecule has 2 heterocycles. The summed E-state index contributed by atoms with van der Waals surface area (Å²) in [5, 5.41) is 8.01. The van der Waals surface area contributed by atoms with Crippen molar-refractivity contribution in [2.24, 2.45) is 13.0 Å². The van der Waals surface area contributed by atoms with Crippen LogP contribution in [0.4, 0.5) is 0 Å². The van der Waals surface area contributed by atoms with Gasteiger partial charge in [0.25, 0.3) is 0 Å². The summed E-state index contributed by atoms with van der Waals surface area (Å²) in [6, 6.07) is 2.19. The molecule has 1 fully saturated rings. The Morgan fingerprint density at radius 3 is 3.00 bits per heavy atom. The number of nitrogens with one attached hydrogen (secondary N) is 1. The minimum absolute atomic E-state index is 0.454. The number of ether oxygens (including phenoxy) is 1. The molecule has 0 bridgehead atoms. The lowest BCUT2D eigenvalue weighted by Gasteiger charge is -2.17. The number of aromatic nitrogens is 2. The molecule has 2 unspecified atom stereocenters. The van der Waals surface area contributed by atoms with E-state index in [0.717, 1.165) is 32.5 Å². The molecule has 1 saturated heterocycles. The Hall–Kier alpha value is -0.870. The van der Waals surface area contributed by atoms with E-state index in [-0.39, 0.29) is 0 Å². The number of hydrogen-bond acceptors (Lipinski definition) is 3. The first-order valence-electron chi connectivity index (χ1n) is 7.08. The minimum atomic E-state index is 0.454. The molecule has 1 aliphatic heterocycles. The molecule has 1 aliphatic rings. The summed E-state index contributed by atoms with van der Waals surface area (Å²) in [6.45, 7) is 7.22. The third kappa shape index (κ3) is 3.12. The van der Waals surface area contributed by atoms with Crippen LogP contribution < -0.4 is 5.32 Å². The van der Waals surface area contributed by atoms with Gasteiger partial charge in [-0.25, -0.2) is 0 Å². The van der Waals surface area contributed by atoms with Crippen LogP contribution in [0.5, 0.6) is 0 Å². The topological polar surface area (TPSA) is 39.1 Å². The van der Waals surface area contributed by atoms with Gasteiger partial charge in [0.2, 0.25) is 0 Å². The van der Waals surface area contributed by atoms with Gasteiger partial charge in [-0.2, -0.15) is 5.10 Å². The van der Waals surface area contributed by atoms with Crippen molar-refractivity contribution in [3.05, 3.63) is 17.5 Å². The predicted octanol–water partition coefficient (Wildman–Crippen LogP) is 1.89. The number of nitrogens with zero attached hydrogens (tertiary/aromatic N) is 2. The van der Waals surface area contributed by atoms with Crippen LogP contribution in [0.15, 0.2) is 6.07 Å². The molecule has 18 heavy (non-hydrogen) atoms. The standard InChI is InChI=1S/C14H25N3O/c1-4-12-8-13(17(3)16-12)10-15-9-11-6-7-18-14(11)5-2/h8,11,14-15H,4-7,9-10H2,1-3H3. The Morgan fingerprint density at radius 1 is 1.50 bits per heavy atom. The van der Waals surface area contributed by atoms with Crippen molar-refractivity contribution in [1.29, 1.82) is 0 Å². The second-order valence-corrected chi connectivity index (χ2v) is 5.10. The molecule has 0 aliphatic carbocycles. The van der Waals surface area contributed by atoms with E-state index < -0.39 is 0 Å². The van der Waals surface area contributed by atoms with Crippen LogP contribution >= 0.6 is 0 Å². The van der Waals surface area contributed by atoms with Crippen molar-refractivity contribution in [2.75, 3.05) is 13.2 Å². The van der Waals surface area contributed by atoms with E-state index in [2.05, 4.69) is 30.3 Å². The average molecular weight is 251 g/mol. The normalized spacial score (nSPS) is 23.7. The monoisotopic (exact) mass is 251 g/mol. The van der Waals surface area contributed by atoms with Crippen molar-refractivity contribution in [2.45, 2.75) is 45.8 Å². The van der Waals surface area contributed by atoms with Crippen molar-refractivity contribution in [1.82, 2.24) is 15.1 Å². The highest BCUT2D eigenvalue weighted by Gasteiger charge is 2.26. The first-order valence-corrected chi connectivity index (χ1v) is 7.08. The zero-order chi connectivity index (χ0) is 13.0. The number of hydrogen-bond donors (Lipinski definition) is 1. The summed E-state index contributed by atoms with van der Waals surface area (Å²) < 4.78 is 7.69. The molecular weight excluding hydrogens is 226 g/mol. The summed E-state index contributed by atoms with van der Waals surface area (Å²) in [5.41, 5.74) is 2.43. The molecule has 1 N–H and O–H groups in total. The smallest absolute Gasteiger partial charge is 0.0625 e. The molecule has 2 atom stereocenters. The molecule has 2 rings (SSSR count). The molecule has 0 amide bonds. The molecular formula is C14H25N3O. The quantitative estimate of drug-likeness (QED) is 0.839. The van der Waals surface area contributed by atoms with Crippen LogP contribution in [0.1, 0.15) is 38.1 Å². The van der Waals surface area contributed by atoms with Gasteiger partial charge >= 0.3 is 0 Å². The fourth-order valence-electron chi connectivity index (χ4n) is 2.67. The molecule has 1 aromatic rings. The lowest BCUT2D eigenvalue weighted by atomic mass is 10.00. The molecule has 0 aromatic carbocycles. The lowest BCUT2D eigenvalue weighted by molar-refractivity contribution is 0.0872. The molecule has 0 saturated carbocycles. The van der Waals surface area contributed by atoms with E-state index in [9.17, 15) is 0 Å². The van der Waals surface area contributed by atoms with Gasteiger partial charge in [-0.05, 0) is 31.2 Å². The maximum absolute atomic E-state index is 5.71. The third-order valence-corrected chi connectivity index (χ3v) is 3.85. The van der Waals surface area contributed by atoms with Gasteiger partial charge in [-0.3, -0.25) is 4.68 Å². The van der Waals surface area contributed by atoms with Crippen LogP contribution in [-0.4, -0.2) is 29.0 Å². The van der Waals surface area contributed by atoms with E-state index in [0.29, 0.717) is 12.0 Å². The molecule has 102 valence electrons. The number of rotatable bonds is 6. The zero-order valence-electron chi connectivity index (χ0n) is 11.8. The molecule has 4 nitrogen and oxygen atoms in total. The van der Waals surface area contributed by atoms with Crippen molar-refractivity contribution in [3.8, 4) is 0 Å². The van der Waals surface area contributed by atoms with Gasteiger partial charge in [-0.15, -0.1) is 0 Å². The Labute approximate surface area is 110 Å². The minimum Gasteiger partial charge on any atom is -0.378 e. The highest BCUT2D eigenvalue weighted by atomic mass is 16.5. The predicted molar refractivity (Wildman–Crippen MR) is 72.4 cm³/mol. The van der Waals surface area contributed by atoms with Crippen LogP contribution in [0.2, 0.25) is 0 Å². The SMILES string of the molecule is CCc1cc(CNCC2CCOC2CC)n(C)n1. The Balaban J connectivity index is 1.79. The van der Waals surface area contributed by atoms with Crippen LogP contribution in [0.25, 0.3) is 0 Å². The van der Waals surface area contributed by atoms with Gasteiger partial charge in [0.05, 0.1) is 17.5 Å². The van der Waals surface area contributed by atoms with Crippen LogP contribution in [0.3, 0.4) is 0 Å². The second kappa shape index (κ2) is 6.34. The van der Waals surface area contributed by atoms with E-state index >= 15 is 0 Å². The Morgan fingerprint density at radius 2 is 2.33 bits per heavy atom. The summed E-state index contributed by atoms with van der Waals surface area (Å²) in [4.78, 5) is 0. The van der Waals surface area contributed by atoms with Crippen molar-refractivity contribution < 1.29 is 4.74 Å². The van der Waals surface area contributed by atoms with Crippen LogP contribution in [0, 0.1) is 5.92 Å². The molecule has 1 aromatic heterocycles. The van der Waals surface area contributed by atoms with Crippen molar-refractivity contribution >= 4 is 0 Å². The highest BCUT2D eigenvalue weighted by molar-refractivity contribution is 5.09. The maximum atomic E-state index is 5.71. The van der Waals surface area contributed by atoms with E-state index in [1.165, 1.54) is 17.8 Å². The zero-order valence-corrected chi connectivity index (χ0v) is 11.8. The van der Waals surface area contributed by atoms with Crippen molar-refractivity contribution in [3.63, 3.8) is 0 Å². The summed E-state index contributed by atoms with van der Waals surface area (Å²) >= 11 is 0. The maximum Gasteiger partial charge on any atom is 0.0625 e. The second-order valence-electron chi connectivity index (χ2n) is 5.10. The summed E-state index contributed by atoms with van der Waals surface area (Å²) in [7, 11) is 2.02. The largest absolute Gasteiger partial charge is 0.378 e. The van der Waals surface area contributed by atoms with Gasteiger partial charge in [0.1, 0.15) is 0 Å². The van der Waals surface area contributed by atoms with Gasteiger partial charge in [0.15, 0.2) is 0 Å². The fourth-order valence-corrected chi connectivity index (χ4v) is 2.67. The summed E-state index contributed by atoms with van der Waals surface area (Å²) in [6.07, 6.45) is 3.77. The van der Waals surface area contributed by atoms with E-state index in [1.807, 2.05) is 11.7 Å². The fraction of sp³-hybridized carbons (Fsp3) is 0.786. The van der Waals surface area contributed by atoms with E-state index in [4.69, 9.17) is 4.74 Å². The lowest BCUT2D eigenvalue weighted by Crippen LogP contribution is -2.28. The van der Waals surface area contributed by atoms with Gasteiger partial charge < -0.3 is 10.1 Å². The van der Waals surface area contributed by atoms with Crippen LogP contribution in [-0.2, 0) is 24.8 Å². The Bertz CT molecular complexity index is 375. The molecule has 0 radical (unpaired) electrons. The summed E-state index contributed by atoms with van der Waals surface area (Å²) in [5.74, 6) is 0.675. The van der Waals surface area contributed by atoms with Gasteiger partial charge in [0, 0.05) is 26.7 Å². The number of aryl methyl sites for hydroxylation is 2. The first kappa shape index (κ1) is 13.6. The Kier molecular flexibility index (Phi) is 4.78. The highest BCUT2D eigenvalue weighted by Crippen LogP contribution is 2.22. The van der Waals surface area contributed by atoms with Gasteiger partial charge in [-0.1, -0.05) is 13.8 Å². The third-order valence-electron chi connectivity index (χ3n) is 3.85. The molecule has 4 heteroatoms.